The van der Waals surface area contributed by atoms with E-state index in [-0.39, 0.29) is 160 Å². The second-order valence-corrected chi connectivity index (χ2v) is 28.8. The van der Waals surface area contributed by atoms with Gasteiger partial charge < -0.3 is 23.7 Å². The maximum Gasteiger partial charge on any atom is 1.00 e. The van der Waals surface area contributed by atoms with Crippen molar-refractivity contribution in [2.75, 3.05) is 58.0 Å². The van der Waals surface area contributed by atoms with E-state index in [0.29, 0.717) is 70.3 Å². The Morgan fingerprint density at radius 2 is 1.18 bits per heavy atom. The summed E-state index contributed by atoms with van der Waals surface area (Å²) in [6.07, 6.45) is 14.0. The minimum absolute atomic E-state index is 0. The number of carboxylic acids is 1. The predicted molar refractivity (Wildman–Crippen MR) is 302 cm³/mol. The van der Waals surface area contributed by atoms with E-state index in [0.717, 1.165) is 28.0 Å². The van der Waals surface area contributed by atoms with E-state index < -0.39 is 84.5 Å². The molecular formula is C54H62K2N6O15S5. The van der Waals surface area contributed by atoms with Crippen LogP contribution in [-0.2, 0) is 67.2 Å². The second-order valence-electron chi connectivity index (χ2n) is 20.4. The van der Waals surface area contributed by atoms with Crippen molar-refractivity contribution < 1.29 is 173 Å². The second kappa shape index (κ2) is 29.5. The molecule has 3 aromatic rings. The number of carboxylic acid groups (broad SMARTS) is 1. The van der Waals surface area contributed by atoms with E-state index in [1.165, 1.54) is 16.4 Å². The van der Waals surface area contributed by atoms with E-state index in [1.807, 2.05) is 52.0 Å². The molecule has 2 aromatic carbocycles. The number of aromatic nitrogens is 1. The van der Waals surface area contributed by atoms with Gasteiger partial charge in [0, 0.05) is 77.2 Å². The van der Waals surface area contributed by atoms with E-state index in [1.54, 1.807) is 64.3 Å². The van der Waals surface area contributed by atoms with Crippen LogP contribution in [0, 0.1) is 29.1 Å². The largest absolute Gasteiger partial charge is 1.00 e. The number of benzene rings is 2. The number of aliphatic carboxylic acids is 1. The van der Waals surface area contributed by atoms with E-state index in [4.69, 9.17) is 15.1 Å². The number of allylic oxidation sites excluding steroid dienone is 6. The van der Waals surface area contributed by atoms with Crippen molar-refractivity contribution in [3.8, 4) is 23.7 Å². The summed E-state index contributed by atoms with van der Waals surface area (Å²) in [6, 6.07) is 14.7. The van der Waals surface area contributed by atoms with E-state index in [2.05, 4.69) is 23.7 Å². The number of amidine groups is 1. The van der Waals surface area contributed by atoms with Gasteiger partial charge in [-0.1, -0.05) is 50.0 Å². The summed E-state index contributed by atoms with van der Waals surface area (Å²) in [7, 11) is -21.1. The Kier molecular flexibility index (Phi) is 25.6. The van der Waals surface area contributed by atoms with Crippen LogP contribution in [0.25, 0.3) is 0 Å². The fraction of sp³-hybridized carbons (Fsp3) is 0.407. The molecule has 3 aliphatic heterocycles. The molecule has 0 spiro atoms. The molecule has 1 aromatic heterocycles. The molecule has 430 valence electrons. The third-order valence-electron chi connectivity index (χ3n) is 13.2. The topological polar surface area (TPSA) is 316 Å². The van der Waals surface area contributed by atoms with Crippen LogP contribution < -0.4 is 116 Å². The zero-order valence-corrected chi connectivity index (χ0v) is 57.3. The zero-order chi connectivity index (χ0) is 59.1. The fourth-order valence-electron chi connectivity index (χ4n) is 9.03. The minimum atomic E-state index is -4.55. The number of sulfonamides is 2. The van der Waals surface area contributed by atoms with Crippen LogP contribution in [0.3, 0.4) is 0 Å². The molecule has 0 saturated carbocycles. The first-order chi connectivity index (χ1) is 37.1. The number of fused-ring (bicyclic) bond motifs is 2. The van der Waals surface area contributed by atoms with Gasteiger partial charge in [0.15, 0.2) is 5.71 Å². The normalized spacial score (nSPS) is 16.0. The summed E-state index contributed by atoms with van der Waals surface area (Å²) in [6.45, 7) is 8.04. The summed E-state index contributed by atoms with van der Waals surface area (Å²) in [5.41, 5.74) is 4.16. The quantitative estimate of drug-likeness (QED) is 0.0361. The number of pyridine rings is 1. The number of rotatable bonds is 24. The Morgan fingerprint density at radius 1 is 0.671 bits per heavy atom. The number of hydrogen-bond donors (Lipinski definition) is 1. The molecule has 0 amide bonds. The first-order valence-electron chi connectivity index (χ1n) is 25.2. The van der Waals surface area contributed by atoms with Crippen molar-refractivity contribution in [1.29, 1.82) is 0 Å². The van der Waals surface area contributed by atoms with Crippen LogP contribution in [0.5, 0.6) is 0 Å². The minimum Gasteiger partial charge on any atom is -0.748 e. The first-order valence-corrected chi connectivity index (χ1v) is 33.6. The van der Waals surface area contributed by atoms with Gasteiger partial charge in [-0.05, 0) is 124 Å². The fourth-order valence-corrected chi connectivity index (χ4v) is 12.4. The number of nitrogens with zero attached hydrogens (tertiary/aromatic N) is 6. The molecule has 0 radical (unpaired) electrons. The standard InChI is InChI=1S/C54H64N6O15S5.2K/c1-53(2)46-36-42(19-17-40-21-25-44(26-22-40)59(76(5,63)64)31-9-7-8-16-50(61)62)38-57(29-11-33-78(67,68)69)51(46)55-48(53)14-10-15-49-54(3,4)47-37-43(39-58(52(47)56-49)30-12-34-79(70,71)72)20-18-41-23-27-45(28-24-41)60(77(6,65)66)32-13-35-80(73,74)75;;/h10,14-15,21-28,36-39H,7-9,11-13,16,29-35H2,1-6H3,(H3-,61,62,67,68,69,70,71,72,73,74,75);;/q;2*+1/p-2. The Hall–Kier alpha value is -3.22. The van der Waals surface area contributed by atoms with Crippen LogP contribution in [0.2, 0.25) is 0 Å². The molecule has 0 saturated heterocycles. The molecule has 0 atom stereocenters. The van der Waals surface area contributed by atoms with Crippen LogP contribution in [-0.4, -0.2) is 133 Å². The van der Waals surface area contributed by atoms with Crippen LogP contribution >= 0.6 is 0 Å². The third kappa shape index (κ3) is 20.7. The van der Waals surface area contributed by atoms with Gasteiger partial charge in [0.2, 0.25) is 20.0 Å². The summed E-state index contributed by atoms with van der Waals surface area (Å²) < 4.78 is 158. The Morgan fingerprint density at radius 3 is 1.72 bits per heavy atom. The number of unbranched alkanes of at least 4 members (excludes halogenated alkanes) is 2. The van der Waals surface area contributed by atoms with E-state index >= 15 is 0 Å². The van der Waals surface area contributed by atoms with E-state index in [9.17, 15) is 60.5 Å². The smallest absolute Gasteiger partial charge is 0.748 e. The molecular weight excluding hydrogens is 1210 g/mol. The average molecular weight is 1270 g/mol. The molecule has 4 heterocycles. The monoisotopic (exact) mass is 1270 g/mol. The van der Waals surface area contributed by atoms with Crippen LogP contribution in [0.15, 0.2) is 118 Å². The summed E-state index contributed by atoms with van der Waals surface area (Å²) in [4.78, 5) is 22.6. The maximum atomic E-state index is 12.7. The molecule has 21 nitrogen and oxygen atoms in total. The van der Waals surface area contributed by atoms with Gasteiger partial charge in [0.05, 0.1) is 83.0 Å². The summed E-state index contributed by atoms with van der Waals surface area (Å²) in [5, 5.41) is 8.93. The molecule has 0 bridgehead atoms. The Balaban J connectivity index is 0.00000722. The van der Waals surface area contributed by atoms with Crippen molar-refractivity contribution in [3.05, 3.63) is 130 Å². The van der Waals surface area contributed by atoms with Gasteiger partial charge in [0.25, 0.3) is 0 Å². The molecule has 0 aliphatic carbocycles. The number of aryl methyl sites for hydroxylation is 1. The first kappa shape index (κ1) is 71.3. The summed E-state index contributed by atoms with van der Waals surface area (Å²) in [5.74, 6) is 10.7. The molecule has 82 heavy (non-hydrogen) atoms. The molecule has 28 heteroatoms. The molecule has 0 unspecified atom stereocenters. The van der Waals surface area contributed by atoms with Crippen molar-refractivity contribution in [2.24, 2.45) is 15.4 Å². The molecule has 3 aliphatic rings. The van der Waals surface area contributed by atoms with Gasteiger partial charge in [-0.15, -0.1) is 0 Å². The van der Waals surface area contributed by atoms with Gasteiger partial charge >= 0.3 is 115 Å². The molecule has 0 fully saturated rings. The number of hydrogen-bond acceptors (Lipinski definition) is 17. The van der Waals surface area contributed by atoms with Crippen LogP contribution in [0.1, 0.15) is 94.9 Å². The Labute approximate surface area is 567 Å². The van der Waals surface area contributed by atoms with Crippen molar-refractivity contribution >= 4 is 85.1 Å². The van der Waals surface area contributed by atoms with Gasteiger partial charge in [-0.3, -0.25) is 13.4 Å². The Bertz CT molecular complexity index is 3820. The zero-order valence-electron chi connectivity index (χ0n) is 46.9. The maximum absolute atomic E-state index is 12.7. The SMILES string of the molecule is CC1(C)C2=CC(C#Cc3ccc(N(CCCS(=O)(=O)[O-])S(C)(=O)=O)cc3)=CN(CCCS(=O)(=O)[O-])C2=N/C1=C\C=C\C1=Nc2c(cc(C#Cc3ccc(N(CCCCCC(=O)O)S(C)(=O)=O)cc3)c[n+]2CCCS(=O)(=O)[O-])C1(C)C.[K+].[K+]. The molecule has 6 rings (SSSR count). The van der Waals surface area contributed by atoms with Crippen molar-refractivity contribution in [1.82, 2.24) is 4.90 Å². The molecule has 1 N–H and O–H groups in total. The number of carbonyl (C=O) groups is 1. The predicted octanol–water partition coefficient (Wildman–Crippen LogP) is -1.22. The van der Waals surface area contributed by atoms with Gasteiger partial charge in [-0.2, -0.15) is 0 Å². The van der Waals surface area contributed by atoms with Crippen LogP contribution in [0.4, 0.5) is 17.2 Å². The third-order valence-corrected chi connectivity index (χ3v) is 18.0. The number of anilines is 2. The van der Waals surface area contributed by atoms with Gasteiger partial charge in [-0.25, -0.2) is 51.6 Å². The summed E-state index contributed by atoms with van der Waals surface area (Å²) >= 11 is 0. The van der Waals surface area contributed by atoms with Crippen molar-refractivity contribution in [3.63, 3.8) is 0 Å². The number of aliphatic imine (C=N–C) groups is 2. The van der Waals surface area contributed by atoms with Gasteiger partial charge in [0.1, 0.15) is 12.0 Å². The average Bonchev–Trinajstić information content (AvgIpc) is 3.37. The van der Waals surface area contributed by atoms with Crippen molar-refractivity contribution in [2.45, 2.75) is 84.6 Å².